The second kappa shape index (κ2) is 28.4. The van der Waals surface area contributed by atoms with Crippen LogP contribution < -0.4 is 51.4 Å². The first kappa shape index (κ1) is 53.0. The second-order valence-corrected chi connectivity index (χ2v) is 25.8. The van der Waals surface area contributed by atoms with E-state index in [-0.39, 0.29) is 94.4 Å². The number of rotatable bonds is 14. The molecule has 2 aromatic rings. The predicted octanol–water partition coefficient (Wildman–Crippen LogP) is 7.61. The van der Waals surface area contributed by atoms with Gasteiger partial charge in [0.1, 0.15) is 13.2 Å². The Morgan fingerprint density at radius 2 is 1.17 bits per heavy atom. The Morgan fingerprint density at radius 3 is 1.57 bits per heavy atom. The standard InChI is InChI=1S/C16H20BrNO3.C15H18BrNO3.C6H18NSi2.CH3I.K/c1-12(6-5-9-17)15(19)18-14(11-21-16(18)20)10-13-7-3-2-4-8-13;16-9-5-4-8-14(18)17-13(11-20-15(17)19)10-12-6-2-1-3-7-12;1-8(2,3)7-9(4,5)6;1-2;/h2-4,7-8,12,14H,5-6,9-11H2,1H3;1-3,6-7,13H,4-5,8-11H2;1-6H3;1H3;/q;;-1;;+1/t12-,14-;13-;;;/m00.../s1. The average molecular weight is 1040 g/mol. The van der Waals surface area contributed by atoms with E-state index in [9.17, 15) is 19.2 Å². The van der Waals surface area contributed by atoms with E-state index in [1.54, 1.807) is 0 Å². The van der Waals surface area contributed by atoms with Crippen LogP contribution in [0, 0.1) is 5.92 Å². The van der Waals surface area contributed by atoms with E-state index in [0.29, 0.717) is 19.3 Å². The zero-order valence-electron chi connectivity index (χ0n) is 33.2. The fourth-order valence-electron chi connectivity index (χ4n) is 5.81. The number of hydrogen-bond acceptors (Lipinski definition) is 6. The molecule has 4 amide bonds. The van der Waals surface area contributed by atoms with E-state index in [2.05, 4.69) is 93.7 Å². The number of alkyl halides is 3. The summed E-state index contributed by atoms with van der Waals surface area (Å²) in [6, 6.07) is 19.3. The van der Waals surface area contributed by atoms with E-state index in [0.717, 1.165) is 47.5 Å². The minimum atomic E-state index is -1.11. The molecule has 2 saturated heterocycles. The fraction of sp³-hybridized carbons (Fsp3) is 0.579. The number of carbonyl (C=O) groups excluding carboxylic acids is 4. The number of amides is 4. The summed E-state index contributed by atoms with van der Waals surface area (Å²) in [5.74, 6) is -0.416. The Hall–Kier alpha value is 0.0401. The molecule has 2 aliphatic rings. The molecule has 15 heteroatoms. The third kappa shape index (κ3) is 22.0. The van der Waals surface area contributed by atoms with Crippen LogP contribution in [-0.4, -0.2) is 91.2 Å². The van der Waals surface area contributed by atoms with Crippen molar-refractivity contribution < 1.29 is 80.0 Å². The average Bonchev–Trinajstić information content (AvgIpc) is 3.64. The van der Waals surface area contributed by atoms with Gasteiger partial charge in [0.25, 0.3) is 0 Å². The van der Waals surface area contributed by atoms with Crippen LogP contribution >= 0.6 is 54.5 Å². The van der Waals surface area contributed by atoms with Crippen LogP contribution in [0.2, 0.25) is 39.3 Å². The topological polar surface area (TPSA) is 107 Å². The van der Waals surface area contributed by atoms with Crippen molar-refractivity contribution in [3.8, 4) is 0 Å². The first-order chi connectivity index (χ1) is 24.6. The van der Waals surface area contributed by atoms with Crippen molar-refractivity contribution >= 4 is 94.9 Å². The maximum absolute atomic E-state index is 12.5. The Morgan fingerprint density at radius 1 is 0.755 bits per heavy atom. The molecule has 2 aromatic carbocycles. The van der Waals surface area contributed by atoms with Gasteiger partial charge in [-0.1, -0.05) is 178 Å². The summed E-state index contributed by atoms with van der Waals surface area (Å²) < 4.78 is 14.9. The normalized spacial score (nSPS) is 17.0. The molecular formula is C38H59Br2IKN3O6Si2. The van der Waals surface area contributed by atoms with E-state index in [1.807, 2.05) is 72.5 Å². The van der Waals surface area contributed by atoms with Crippen molar-refractivity contribution in [1.29, 1.82) is 0 Å². The van der Waals surface area contributed by atoms with Gasteiger partial charge in [-0.05, 0) is 54.6 Å². The Bertz CT molecular complexity index is 1340. The largest absolute Gasteiger partial charge is 1.00 e. The summed E-state index contributed by atoms with van der Waals surface area (Å²) in [5, 5.41) is 1.74. The van der Waals surface area contributed by atoms with E-state index < -0.39 is 28.7 Å². The minimum absolute atomic E-state index is 0. The van der Waals surface area contributed by atoms with Crippen LogP contribution in [0.25, 0.3) is 4.65 Å². The molecule has 53 heavy (non-hydrogen) atoms. The summed E-state index contributed by atoms with van der Waals surface area (Å²) in [6.45, 7) is 16.2. The number of halogens is 3. The van der Waals surface area contributed by atoms with Crippen molar-refractivity contribution in [2.45, 2.75) is 103 Å². The van der Waals surface area contributed by atoms with Gasteiger partial charge in [-0.2, -0.15) is 0 Å². The molecule has 4 rings (SSSR count). The molecule has 0 saturated carbocycles. The van der Waals surface area contributed by atoms with Gasteiger partial charge in [0.2, 0.25) is 11.8 Å². The zero-order chi connectivity index (χ0) is 39.3. The summed E-state index contributed by atoms with van der Waals surface area (Å²) in [5.41, 5.74) is 2.21. The smallest absolute Gasteiger partial charge is 0.668 e. The predicted molar refractivity (Wildman–Crippen MR) is 234 cm³/mol. The molecular weight excluding hydrogens is 976 g/mol. The molecule has 0 spiro atoms. The SMILES string of the molecule is CI.C[C@@H](CCCBr)C(=O)N1C(=O)OC[C@@H]1Cc1ccccc1.C[Si](C)(C)[N-][Si](C)(C)C.O=C(CCCCBr)N1C(=O)OC[C@@H]1Cc1ccccc1.[K+]. The van der Waals surface area contributed by atoms with Crippen molar-refractivity contribution in [2.24, 2.45) is 5.92 Å². The van der Waals surface area contributed by atoms with Gasteiger partial charge >= 0.3 is 63.6 Å². The number of carbonyl (C=O) groups is 4. The zero-order valence-corrected chi connectivity index (χ0v) is 43.7. The van der Waals surface area contributed by atoms with Crippen molar-refractivity contribution in [3.63, 3.8) is 0 Å². The fourth-order valence-corrected chi connectivity index (χ4v) is 14.6. The molecule has 0 aliphatic carbocycles. The molecule has 0 bridgehead atoms. The molecule has 0 unspecified atom stereocenters. The van der Waals surface area contributed by atoms with Crippen molar-refractivity contribution in [3.05, 3.63) is 76.4 Å². The summed E-state index contributed by atoms with van der Waals surface area (Å²) in [4.78, 5) is 52.8. The van der Waals surface area contributed by atoms with Crippen LogP contribution in [0.3, 0.4) is 0 Å². The molecule has 0 N–H and O–H groups in total. The number of cyclic esters (lactones) is 2. The monoisotopic (exact) mass is 1030 g/mol. The number of benzene rings is 2. The molecule has 2 heterocycles. The van der Waals surface area contributed by atoms with Gasteiger partial charge in [0, 0.05) is 23.0 Å². The van der Waals surface area contributed by atoms with E-state index in [4.69, 9.17) is 14.1 Å². The van der Waals surface area contributed by atoms with Crippen LogP contribution in [0.15, 0.2) is 60.7 Å². The van der Waals surface area contributed by atoms with Crippen molar-refractivity contribution in [1.82, 2.24) is 9.80 Å². The number of hydrogen-bond donors (Lipinski definition) is 0. The molecule has 0 radical (unpaired) electrons. The van der Waals surface area contributed by atoms with Crippen LogP contribution in [-0.2, 0) is 31.9 Å². The Balaban J connectivity index is 0.000000793. The number of unbranched alkanes of at least 4 members (excludes halogenated alkanes) is 1. The van der Waals surface area contributed by atoms with Gasteiger partial charge < -0.3 is 14.1 Å². The first-order valence-electron chi connectivity index (χ1n) is 17.9. The van der Waals surface area contributed by atoms with Gasteiger partial charge in [0.15, 0.2) is 0 Å². The van der Waals surface area contributed by atoms with Gasteiger partial charge in [-0.3, -0.25) is 9.59 Å². The molecule has 2 fully saturated rings. The number of imide groups is 2. The van der Waals surface area contributed by atoms with Crippen LogP contribution in [0.5, 0.6) is 0 Å². The maximum atomic E-state index is 12.5. The van der Waals surface area contributed by atoms with Crippen molar-refractivity contribution in [2.75, 3.05) is 28.8 Å². The quantitative estimate of drug-likeness (QED) is 0.0836. The van der Waals surface area contributed by atoms with Crippen LogP contribution in [0.4, 0.5) is 9.59 Å². The molecule has 292 valence electrons. The van der Waals surface area contributed by atoms with Gasteiger partial charge in [-0.15, -0.1) is 0 Å². The third-order valence-electron chi connectivity index (χ3n) is 7.69. The van der Waals surface area contributed by atoms with Gasteiger partial charge in [0.05, 0.1) is 12.1 Å². The summed E-state index contributed by atoms with van der Waals surface area (Å²) in [7, 11) is -2.21. The minimum Gasteiger partial charge on any atom is -0.668 e. The molecule has 3 atom stereocenters. The van der Waals surface area contributed by atoms with Crippen LogP contribution in [0.1, 0.15) is 50.2 Å². The number of nitrogens with zero attached hydrogens (tertiary/aromatic N) is 3. The molecule has 0 aromatic heterocycles. The first-order valence-corrected chi connectivity index (χ1v) is 29.2. The number of ether oxygens (including phenoxy) is 2. The maximum Gasteiger partial charge on any atom is 1.00 e. The summed E-state index contributed by atoms with van der Waals surface area (Å²) >= 11 is 8.85. The third-order valence-corrected chi connectivity index (χ3v) is 14.2. The molecule has 2 aliphatic heterocycles. The van der Waals surface area contributed by atoms with E-state index >= 15 is 0 Å². The Labute approximate surface area is 394 Å². The van der Waals surface area contributed by atoms with Gasteiger partial charge in [-0.25, -0.2) is 19.4 Å². The second-order valence-electron chi connectivity index (χ2n) is 14.6. The summed E-state index contributed by atoms with van der Waals surface area (Å²) in [6.07, 6.45) is 4.07. The Kier molecular flexibility index (Phi) is 28.5. The molecule has 9 nitrogen and oxygen atoms in total. The van der Waals surface area contributed by atoms with E-state index in [1.165, 1.54) is 9.80 Å².